The fourth-order valence-corrected chi connectivity index (χ4v) is 2.97. The van der Waals surface area contributed by atoms with Gasteiger partial charge in [0.15, 0.2) is 11.6 Å². The molecule has 21 heavy (non-hydrogen) atoms. The fraction of sp³-hybridized carbons (Fsp3) is 0.462. The van der Waals surface area contributed by atoms with Crippen molar-refractivity contribution in [3.8, 4) is 11.8 Å². The van der Waals surface area contributed by atoms with Crippen LogP contribution in [0.5, 0.6) is 5.75 Å². The maximum absolute atomic E-state index is 13.3. The first-order valence-corrected chi connectivity index (χ1v) is 7.54. The Bertz CT molecular complexity index is 642. The summed E-state index contributed by atoms with van der Waals surface area (Å²) in [7, 11) is -1.29. The first-order valence-electron chi connectivity index (χ1n) is 6.06. The molecule has 0 saturated heterocycles. The van der Waals surface area contributed by atoms with Gasteiger partial charge >= 0.3 is 0 Å². The molecule has 0 fully saturated rings. The predicted octanol–water partition coefficient (Wildman–Crippen LogP) is 1.43. The monoisotopic (exact) mass is 316 g/mol. The summed E-state index contributed by atoms with van der Waals surface area (Å²) < 4.78 is 49.8. The highest BCUT2D eigenvalue weighted by molar-refractivity contribution is 7.89. The average Bonchev–Trinajstić information content (AvgIpc) is 2.45. The average molecular weight is 316 g/mol. The number of hydrogen-bond acceptors (Lipinski definition) is 5. The lowest BCUT2D eigenvalue weighted by atomic mass is 10.0. The second-order valence-corrected chi connectivity index (χ2v) is 6.27. The zero-order valence-electron chi connectivity index (χ0n) is 12.0. The lowest BCUT2D eigenvalue weighted by Gasteiger charge is -2.22. The van der Waals surface area contributed by atoms with Crippen LogP contribution in [-0.2, 0) is 14.8 Å². The minimum Gasteiger partial charge on any atom is -0.494 e. The van der Waals surface area contributed by atoms with E-state index in [2.05, 4.69) is 4.72 Å². The lowest BCUT2D eigenvalue weighted by molar-refractivity contribution is 0.179. The number of methoxy groups -OCH3 is 2. The second-order valence-electron chi connectivity index (χ2n) is 4.59. The van der Waals surface area contributed by atoms with Crippen molar-refractivity contribution in [2.24, 2.45) is 0 Å². The summed E-state index contributed by atoms with van der Waals surface area (Å²) in [6.07, 6.45) is 0.178. The Morgan fingerprint density at radius 3 is 2.62 bits per heavy atom. The maximum atomic E-state index is 13.3. The Balaban J connectivity index is 3.08. The number of benzene rings is 1. The molecule has 0 amide bonds. The van der Waals surface area contributed by atoms with Crippen LogP contribution in [0.2, 0.25) is 0 Å². The molecule has 1 aromatic carbocycles. The Labute approximate surface area is 123 Å². The highest BCUT2D eigenvalue weighted by atomic mass is 32.2. The maximum Gasteiger partial charge on any atom is 0.242 e. The van der Waals surface area contributed by atoms with Crippen LogP contribution in [0.3, 0.4) is 0 Å². The molecule has 0 radical (unpaired) electrons. The Morgan fingerprint density at radius 1 is 1.43 bits per heavy atom. The SMILES string of the molecule is COCC[C@](C)(C#N)NS(=O)(=O)c1ccc(F)c(OC)c1. The smallest absolute Gasteiger partial charge is 0.242 e. The van der Waals surface area contributed by atoms with Gasteiger partial charge in [-0.3, -0.25) is 0 Å². The molecule has 8 heteroatoms. The van der Waals surface area contributed by atoms with Crippen LogP contribution in [0, 0.1) is 17.1 Å². The minimum absolute atomic E-state index is 0.178. The standard InChI is InChI=1S/C13H17FN2O4S/c1-13(9-15,6-7-19-2)16-21(17,18)10-4-5-11(14)12(8-10)20-3/h4-5,8,16H,6-7H2,1-3H3/t13-/m1/s1. The summed E-state index contributed by atoms with van der Waals surface area (Å²) >= 11 is 0. The van der Waals surface area contributed by atoms with E-state index >= 15 is 0 Å². The van der Waals surface area contributed by atoms with Crippen LogP contribution >= 0.6 is 0 Å². The molecule has 0 bridgehead atoms. The predicted molar refractivity (Wildman–Crippen MR) is 73.8 cm³/mol. The van der Waals surface area contributed by atoms with Gasteiger partial charge < -0.3 is 9.47 Å². The van der Waals surface area contributed by atoms with Gasteiger partial charge in [0, 0.05) is 26.2 Å². The van der Waals surface area contributed by atoms with E-state index in [0.717, 1.165) is 18.2 Å². The Kier molecular flexibility index (Phi) is 5.66. The molecule has 0 aliphatic carbocycles. The Hall–Kier alpha value is -1.69. The van der Waals surface area contributed by atoms with Gasteiger partial charge in [0.1, 0.15) is 5.54 Å². The van der Waals surface area contributed by atoms with Crippen molar-refractivity contribution in [2.75, 3.05) is 20.8 Å². The van der Waals surface area contributed by atoms with Crippen molar-refractivity contribution in [2.45, 2.75) is 23.8 Å². The summed E-state index contributed by atoms with van der Waals surface area (Å²) in [6.45, 7) is 1.67. The zero-order chi connectivity index (χ0) is 16.1. The number of halogens is 1. The molecule has 0 spiro atoms. The van der Waals surface area contributed by atoms with Gasteiger partial charge in [-0.25, -0.2) is 12.8 Å². The van der Waals surface area contributed by atoms with Gasteiger partial charge in [0.2, 0.25) is 10.0 Å². The van der Waals surface area contributed by atoms with E-state index in [0.29, 0.717) is 0 Å². The number of ether oxygens (including phenoxy) is 2. The van der Waals surface area contributed by atoms with E-state index in [4.69, 9.17) is 14.7 Å². The molecule has 0 aromatic heterocycles. The molecule has 0 saturated carbocycles. The molecule has 0 heterocycles. The third-order valence-electron chi connectivity index (χ3n) is 2.85. The molecule has 0 aliphatic rings. The highest BCUT2D eigenvalue weighted by Crippen LogP contribution is 2.23. The second kappa shape index (κ2) is 6.85. The van der Waals surface area contributed by atoms with Crippen molar-refractivity contribution in [3.63, 3.8) is 0 Å². The van der Waals surface area contributed by atoms with Crippen molar-refractivity contribution >= 4 is 10.0 Å². The molecular formula is C13H17FN2O4S. The lowest BCUT2D eigenvalue weighted by Crippen LogP contribution is -2.45. The van der Waals surface area contributed by atoms with Gasteiger partial charge in [-0.2, -0.15) is 9.98 Å². The van der Waals surface area contributed by atoms with Crippen molar-refractivity contribution in [3.05, 3.63) is 24.0 Å². The van der Waals surface area contributed by atoms with Crippen LogP contribution < -0.4 is 9.46 Å². The molecule has 6 nitrogen and oxygen atoms in total. The normalized spacial score (nSPS) is 14.2. The van der Waals surface area contributed by atoms with Crippen molar-refractivity contribution < 1.29 is 22.3 Å². The van der Waals surface area contributed by atoms with Crippen LogP contribution in [0.4, 0.5) is 4.39 Å². The van der Waals surface area contributed by atoms with Gasteiger partial charge in [-0.1, -0.05) is 0 Å². The first-order chi connectivity index (χ1) is 9.78. The number of nitrogens with zero attached hydrogens (tertiary/aromatic N) is 1. The van der Waals surface area contributed by atoms with Crippen LogP contribution in [0.15, 0.2) is 23.1 Å². The largest absolute Gasteiger partial charge is 0.494 e. The molecule has 1 atom stereocenters. The van der Waals surface area contributed by atoms with Crippen molar-refractivity contribution in [1.82, 2.24) is 4.72 Å². The first kappa shape index (κ1) is 17.4. The zero-order valence-corrected chi connectivity index (χ0v) is 12.8. The number of rotatable bonds is 7. The summed E-state index contributed by atoms with van der Waals surface area (Å²) in [6, 6.07) is 5.06. The van der Waals surface area contributed by atoms with Crippen LogP contribution in [-0.4, -0.2) is 34.8 Å². The number of hydrogen-bond donors (Lipinski definition) is 1. The summed E-state index contributed by atoms with van der Waals surface area (Å²) in [5.41, 5.74) is -1.32. The van der Waals surface area contributed by atoms with E-state index in [1.54, 1.807) is 0 Å². The van der Waals surface area contributed by atoms with E-state index in [1.807, 2.05) is 6.07 Å². The van der Waals surface area contributed by atoms with Gasteiger partial charge in [0.25, 0.3) is 0 Å². The van der Waals surface area contributed by atoms with Gasteiger partial charge in [-0.05, 0) is 19.1 Å². The van der Waals surface area contributed by atoms with E-state index in [-0.39, 0.29) is 23.7 Å². The Morgan fingerprint density at radius 2 is 2.10 bits per heavy atom. The molecule has 1 N–H and O–H groups in total. The summed E-state index contributed by atoms with van der Waals surface area (Å²) in [5.74, 6) is -0.854. The van der Waals surface area contributed by atoms with Gasteiger partial charge in [0.05, 0.1) is 18.1 Å². The van der Waals surface area contributed by atoms with Gasteiger partial charge in [-0.15, -0.1) is 0 Å². The van der Waals surface area contributed by atoms with E-state index in [1.165, 1.54) is 21.1 Å². The molecule has 1 rings (SSSR count). The number of sulfonamides is 1. The molecule has 1 aromatic rings. The quantitative estimate of drug-likeness (QED) is 0.822. The topological polar surface area (TPSA) is 88.4 Å². The van der Waals surface area contributed by atoms with Crippen molar-refractivity contribution in [1.29, 1.82) is 5.26 Å². The van der Waals surface area contributed by atoms with Crippen LogP contribution in [0.25, 0.3) is 0 Å². The molecular weight excluding hydrogens is 299 g/mol. The third-order valence-corrected chi connectivity index (χ3v) is 4.44. The molecule has 0 unspecified atom stereocenters. The highest BCUT2D eigenvalue weighted by Gasteiger charge is 2.31. The third kappa shape index (κ3) is 4.39. The summed E-state index contributed by atoms with van der Waals surface area (Å²) in [5, 5.41) is 9.15. The number of nitriles is 1. The van der Waals surface area contributed by atoms with Crippen LogP contribution in [0.1, 0.15) is 13.3 Å². The molecule has 0 aliphatic heterocycles. The minimum atomic E-state index is -3.98. The molecule has 116 valence electrons. The fourth-order valence-electron chi connectivity index (χ4n) is 1.60. The summed E-state index contributed by atoms with van der Waals surface area (Å²) in [4.78, 5) is -0.181. The number of nitrogens with one attached hydrogen (secondary N) is 1. The van der Waals surface area contributed by atoms with E-state index in [9.17, 15) is 12.8 Å². The van der Waals surface area contributed by atoms with E-state index < -0.39 is 21.4 Å².